The summed E-state index contributed by atoms with van der Waals surface area (Å²) in [5.74, 6) is 1.07. The van der Waals surface area contributed by atoms with Crippen molar-refractivity contribution >= 4 is 34.5 Å². The van der Waals surface area contributed by atoms with Crippen molar-refractivity contribution in [1.82, 2.24) is 5.43 Å². The lowest BCUT2D eigenvalue weighted by Crippen LogP contribution is -2.11. The van der Waals surface area contributed by atoms with E-state index in [1.54, 1.807) is 23.1 Å². The molecule has 2 rings (SSSR count). The van der Waals surface area contributed by atoms with Crippen LogP contribution in [0.25, 0.3) is 0 Å². The average molecular weight is 211 g/mol. The van der Waals surface area contributed by atoms with Crippen molar-refractivity contribution in [3.63, 3.8) is 0 Å². The molecule has 1 aliphatic rings. The van der Waals surface area contributed by atoms with E-state index in [9.17, 15) is 0 Å². The zero-order valence-corrected chi connectivity index (χ0v) is 8.57. The Morgan fingerprint density at radius 1 is 1.62 bits per heavy atom. The number of rotatable bonds is 2. The minimum atomic E-state index is 0.904. The Morgan fingerprint density at radius 2 is 2.62 bits per heavy atom. The van der Waals surface area contributed by atoms with Gasteiger partial charge in [0.1, 0.15) is 0 Å². The summed E-state index contributed by atoms with van der Waals surface area (Å²) in [5.41, 5.74) is 2.91. The second-order valence-corrected chi connectivity index (χ2v) is 4.48. The Morgan fingerprint density at radius 3 is 3.31 bits per heavy atom. The number of hydrogen-bond acceptors (Lipinski definition) is 5. The molecule has 3 nitrogen and oxygen atoms in total. The van der Waals surface area contributed by atoms with Crippen LogP contribution < -0.4 is 5.43 Å². The molecule has 1 N–H and O–H groups in total. The van der Waals surface area contributed by atoms with E-state index in [4.69, 9.17) is 0 Å². The predicted octanol–water partition coefficient (Wildman–Crippen LogP) is 1.77. The molecule has 1 aromatic heterocycles. The maximum Gasteiger partial charge on any atom is 0.177 e. The number of thioether (sulfide) groups is 1. The molecule has 1 aromatic rings. The van der Waals surface area contributed by atoms with E-state index in [0.29, 0.717) is 0 Å². The van der Waals surface area contributed by atoms with E-state index in [2.05, 4.69) is 15.5 Å². The normalized spacial score (nSPS) is 16.5. The third-order valence-corrected chi connectivity index (χ3v) is 3.17. The lowest BCUT2D eigenvalue weighted by Gasteiger charge is -1.94. The van der Waals surface area contributed by atoms with Gasteiger partial charge in [0.2, 0.25) is 0 Å². The molecule has 68 valence electrons. The Hall–Kier alpha value is -0.810. The van der Waals surface area contributed by atoms with Crippen LogP contribution >= 0.6 is 23.1 Å². The molecule has 0 saturated carbocycles. The van der Waals surface area contributed by atoms with Crippen LogP contribution in [0.1, 0.15) is 4.88 Å². The van der Waals surface area contributed by atoms with Crippen molar-refractivity contribution in [3.8, 4) is 0 Å². The highest BCUT2D eigenvalue weighted by Gasteiger charge is 2.03. The summed E-state index contributed by atoms with van der Waals surface area (Å²) >= 11 is 3.38. The molecule has 0 amide bonds. The van der Waals surface area contributed by atoms with Crippen molar-refractivity contribution < 1.29 is 0 Å². The Kier molecular flexibility index (Phi) is 2.99. The predicted molar refractivity (Wildman–Crippen MR) is 59.8 cm³/mol. The largest absolute Gasteiger partial charge is 0.260 e. The third kappa shape index (κ3) is 2.57. The number of nitrogens with one attached hydrogen (secondary N) is 1. The fraction of sp³-hybridized carbons (Fsp3) is 0.250. The summed E-state index contributed by atoms with van der Waals surface area (Å²) < 4.78 is 0. The molecule has 0 atom stereocenters. The average Bonchev–Trinajstić information content (AvgIpc) is 2.75. The van der Waals surface area contributed by atoms with E-state index < -0.39 is 0 Å². The maximum atomic E-state index is 4.21. The molecule has 0 aromatic carbocycles. The first-order chi connectivity index (χ1) is 6.45. The number of thiophene rings is 1. The lowest BCUT2D eigenvalue weighted by atomic mass is 10.5. The first kappa shape index (κ1) is 8.77. The smallest absolute Gasteiger partial charge is 0.177 e. The van der Waals surface area contributed by atoms with Crippen LogP contribution in [0.2, 0.25) is 0 Å². The molecule has 2 heterocycles. The Balaban J connectivity index is 1.85. The number of aliphatic imine (C=N–C) groups is 1. The van der Waals surface area contributed by atoms with Crippen molar-refractivity contribution in [2.24, 2.45) is 10.1 Å². The van der Waals surface area contributed by atoms with E-state index in [0.717, 1.165) is 22.3 Å². The molecule has 0 spiro atoms. The van der Waals surface area contributed by atoms with Crippen LogP contribution in [0, 0.1) is 0 Å². The van der Waals surface area contributed by atoms with Crippen molar-refractivity contribution in [2.45, 2.75) is 0 Å². The molecule has 0 saturated heterocycles. The lowest BCUT2D eigenvalue weighted by molar-refractivity contribution is 1.04. The van der Waals surface area contributed by atoms with Crippen LogP contribution in [-0.4, -0.2) is 23.7 Å². The standard InChI is InChI=1S/C8H9N3S2/c1-2-7(12-4-1)6-10-11-8-9-3-5-13-8/h1-2,4,6H,3,5H2,(H,9,11)/b10-6+. The Labute approximate surface area is 85.0 Å². The summed E-state index contributed by atoms with van der Waals surface area (Å²) in [4.78, 5) is 5.36. The second kappa shape index (κ2) is 4.43. The van der Waals surface area contributed by atoms with Gasteiger partial charge in [0, 0.05) is 10.6 Å². The number of nitrogens with zero attached hydrogens (tertiary/aromatic N) is 2. The SMILES string of the molecule is C(=N\NC1=NCCS1)/c1cccs1. The fourth-order valence-corrected chi connectivity index (χ4v) is 2.18. The summed E-state index contributed by atoms with van der Waals surface area (Å²) in [7, 11) is 0. The molecule has 0 unspecified atom stereocenters. The monoisotopic (exact) mass is 211 g/mol. The van der Waals surface area contributed by atoms with Crippen LogP contribution in [-0.2, 0) is 0 Å². The number of amidine groups is 1. The highest BCUT2D eigenvalue weighted by molar-refractivity contribution is 8.14. The van der Waals surface area contributed by atoms with Gasteiger partial charge in [-0.05, 0) is 11.4 Å². The number of hydrazone groups is 1. The summed E-state index contributed by atoms with van der Waals surface area (Å²) in [6, 6.07) is 4.04. The van der Waals surface area contributed by atoms with Gasteiger partial charge in [-0.2, -0.15) is 5.10 Å². The van der Waals surface area contributed by atoms with Crippen molar-refractivity contribution in [2.75, 3.05) is 12.3 Å². The van der Waals surface area contributed by atoms with Crippen molar-refractivity contribution in [3.05, 3.63) is 22.4 Å². The van der Waals surface area contributed by atoms with Gasteiger partial charge in [0.25, 0.3) is 0 Å². The van der Waals surface area contributed by atoms with E-state index in [1.165, 1.54) is 0 Å². The minimum absolute atomic E-state index is 0.904. The van der Waals surface area contributed by atoms with Gasteiger partial charge in [0.05, 0.1) is 12.8 Å². The number of hydrogen-bond donors (Lipinski definition) is 1. The van der Waals surface area contributed by atoms with E-state index >= 15 is 0 Å². The summed E-state index contributed by atoms with van der Waals surface area (Å²) in [5, 5.41) is 7.03. The van der Waals surface area contributed by atoms with E-state index in [1.807, 2.05) is 23.7 Å². The van der Waals surface area contributed by atoms with Crippen LogP contribution in [0.3, 0.4) is 0 Å². The molecule has 1 aliphatic heterocycles. The van der Waals surface area contributed by atoms with Crippen LogP contribution in [0.15, 0.2) is 27.6 Å². The molecule has 5 heteroatoms. The van der Waals surface area contributed by atoms with Gasteiger partial charge >= 0.3 is 0 Å². The molecule has 0 aliphatic carbocycles. The van der Waals surface area contributed by atoms with Gasteiger partial charge in [-0.1, -0.05) is 17.8 Å². The molecule has 0 radical (unpaired) electrons. The van der Waals surface area contributed by atoms with Gasteiger partial charge in [-0.25, -0.2) is 0 Å². The molecule has 0 fully saturated rings. The summed E-state index contributed by atoms with van der Waals surface area (Å²) in [6.45, 7) is 0.904. The molecule has 13 heavy (non-hydrogen) atoms. The molecule has 0 bridgehead atoms. The quantitative estimate of drug-likeness (QED) is 0.598. The topological polar surface area (TPSA) is 36.8 Å². The van der Waals surface area contributed by atoms with Gasteiger partial charge in [-0.15, -0.1) is 11.3 Å². The van der Waals surface area contributed by atoms with Crippen molar-refractivity contribution in [1.29, 1.82) is 0 Å². The highest BCUT2D eigenvalue weighted by Crippen LogP contribution is 2.09. The summed E-state index contributed by atoms with van der Waals surface area (Å²) in [6.07, 6.45) is 1.81. The molecular weight excluding hydrogens is 202 g/mol. The highest BCUT2D eigenvalue weighted by atomic mass is 32.2. The second-order valence-electron chi connectivity index (χ2n) is 2.42. The van der Waals surface area contributed by atoms with Gasteiger partial charge in [0.15, 0.2) is 5.17 Å². The van der Waals surface area contributed by atoms with Gasteiger partial charge < -0.3 is 0 Å². The Bertz CT molecular complexity index is 316. The zero-order valence-electron chi connectivity index (χ0n) is 6.93. The van der Waals surface area contributed by atoms with Crippen LogP contribution in [0.5, 0.6) is 0 Å². The first-order valence-corrected chi connectivity index (χ1v) is 5.81. The fourth-order valence-electron chi connectivity index (χ4n) is 0.919. The van der Waals surface area contributed by atoms with E-state index in [-0.39, 0.29) is 0 Å². The first-order valence-electron chi connectivity index (χ1n) is 3.95. The van der Waals surface area contributed by atoms with Gasteiger partial charge in [-0.3, -0.25) is 10.4 Å². The third-order valence-electron chi connectivity index (χ3n) is 1.48. The minimum Gasteiger partial charge on any atom is -0.260 e. The zero-order chi connectivity index (χ0) is 8.93. The molecular formula is C8H9N3S2. The van der Waals surface area contributed by atoms with Crippen LogP contribution in [0.4, 0.5) is 0 Å². The maximum absolute atomic E-state index is 4.21.